The number of benzene rings is 1. The molecular weight excluding hydrogens is 485 g/mol. The highest BCUT2D eigenvalue weighted by Crippen LogP contribution is 2.33. The van der Waals surface area contributed by atoms with E-state index in [1.54, 1.807) is 18.5 Å². The van der Waals surface area contributed by atoms with Crippen molar-refractivity contribution in [2.24, 2.45) is 5.73 Å². The topological polar surface area (TPSA) is 113 Å². The number of carbonyl (C=O) groups excluding carboxylic acids is 1. The Morgan fingerprint density at radius 3 is 2.89 bits per heavy atom. The van der Waals surface area contributed by atoms with E-state index in [0.717, 1.165) is 5.69 Å². The van der Waals surface area contributed by atoms with Crippen molar-refractivity contribution in [2.75, 3.05) is 44.7 Å². The molecule has 186 valence electrons. The molecule has 4 aromatic rings. The average molecular weight is 510 g/mol. The lowest BCUT2D eigenvalue weighted by Crippen LogP contribution is -2.57. The van der Waals surface area contributed by atoms with Crippen molar-refractivity contribution in [3.8, 4) is 22.5 Å². The van der Waals surface area contributed by atoms with Gasteiger partial charge in [0.2, 0.25) is 0 Å². The zero-order valence-electron chi connectivity index (χ0n) is 19.6. The minimum atomic E-state index is -0.425. The van der Waals surface area contributed by atoms with Gasteiger partial charge in [-0.1, -0.05) is 11.6 Å². The van der Waals surface area contributed by atoms with Crippen LogP contribution in [0.2, 0.25) is 5.02 Å². The number of methoxy groups -OCH3 is 1. The van der Waals surface area contributed by atoms with E-state index in [1.165, 1.54) is 19.2 Å². The third-order valence-corrected chi connectivity index (χ3v) is 6.60. The number of nitrogens with one attached hydrogen (secondary N) is 1. The zero-order chi connectivity index (χ0) is 25.2. The van der Waals surface area contributed by atoms with Gasteiger partial charge >= 0.3 is 5.97 Å². The van der Waals surface area contributed by atoms with Crippen LogP contribution >= 0.6 is 11.6 Å². The highest BCUT2D eigenvalue weighted by atomic mass is 35.5. The van der Waals surface area contributed by atoms with Crippen molar-refractivity contribution in [3.05, 3.63) is 59.6 Å². The Hall–Kier alpha value is -3.60. The molecule has 5 rings (SSSR count). The summed E-state index contributed by atoms with van der Waals surface area (Å²) in [6.45, 7) is 2.92. The number of piperazine rings is 1. The fraction of sp³-hybridized carbons (Fsp3) is 0.280. The standard InChI is InChI=1S/C25H25ClFN7O2/c1-36-25(35)23-14-34(9-8-33(23)7-6-28)16-11-22-21(29-12-16)5-4-20(31-22)18-13-30-32-24(18)17-10-15(26)2-3-19(17)27/h2-5,10-13,23H,6-9,14,28H2,1H3,(H,30,32)/t23-/m1/s1. The van der Waals surface area contributed by atoms with Crippen molar-refractivity contribution in [1.29, 1.82) is 0 Å². The van der Waals surface area contributed by atoms with Gasteiger partial charge in [0, 0.05) is 55.1 Å². The number of nitrogens with two attached hydrogens (primary N) is 1. The highest BCUT2D eigenvalue weighted by Gasteiger charge is 2.33. The summed E-state index contributed by atoms with van der Waals surface area (Å²) in [7, 11) is 1.39. The van der Waals surface area contributed by atoms with Crippen LogP contribution in [0, 0.1) is 5.82 Å². The summed E-state index contributed by atoms with van der Waals surface area (Å²) in [5.74, 6) is -0.713. The number of fused-ring (bicyclic) bond motifs is 1. The second-order valence-corrected chi connectivity index (χ2v) is 8.95. The van der Waals surface area contributed by atoms with Gasteiger partial charge in [-0.2, -0.15) is 5.10 Å². The third kappa shape index (κ3) is 4.62. The molecule has 3 aromatic heterocycles. The van der Waals surface area contributed by atoms with Gasteiger partial charge in [-0.3, -0.25) is 19.8 Å². The fourth-order valence-electron chi connectivity index (χ4n) is 4.54. The molecule has 0 radical (unpaired) electrons. The number of pyridine rings is 2. The lowest BCUT2D eigenvalue weighted by molar-refractivity contribution is -0.147. The number of ether oxygens (including phenoxy) is 1. The number of carbonyl (C=O) groups is 1. The van der Waals surface area contributed by atoms with Crippen LogP contribution in [0.15, 0.2) is 48.8 Å². The van der Waals surface area contributed by atoms with E-state index in [9.17, 15) is 9.18 Å². The normalized spacial score (nSPS) is 16.4. The second kappa shape index (κ2) is 10.2. The molecule has 36 heavy (non-hydrogen) atoms. The predicted molar refractivity (Wildman–Crippen MR) is 136 cm³/mol. The van der Waals surface area contributed by atoms with Crippen molar-refractivity contribution in [1.82, 2.24) is 25.1 Å². The fourth-order valence-corrected chi connectivity index (χ4v) is 4.71. The third-order valence-electron chi connectivity index (χ3n) is 6.37. The SMILES string of the molecule is COC(=O)[C@H]1CN(c2cnc3ccc(-c4c[nH]nc4-c4cc(Cl)ccc4F)nc3c2)CCN1CCN. The van der Waals surface area contributed by atoms with Crippen molar-refractivity contribution in [3.63, 3.8) is 0 Å². The van der Waals surface area contributed by atoms with Crippen LogP contribution in [0.3, 0.4) is 0 Å². The predicted octanol–water partition coefficient (Wildman–Crippen LogP) is 3.10. The summed E-state index contributed by atoms with van der Waals surface area (Å²) in [6, 6.07) is 9.57. The lowest BCUT2D eigenvalue weighted by atomic mass is 10.0. The van der Waals surface area contributed by atoms with Crippen LogP contribution in [0.5, 0.6) is 0 Å². The van der Waals surface area contributed by atoms with E-state index in [4.69, 9.17) is 27.1 Å². The molecule has 0 amide bonds. The van der Waals surface area contributed by atoms with Crippen LogP contribution in [-0.4, -0.2) is 76.9 Å². The summed E-state index contributed by atoms with van der Waals surface area (Å²) in [4.78, 5) is 25.9. The summed E-state index contributed by atoms with van der Waals surface area (Å²) in [5, 5.41) is 7.47. The molecule has 1 fully saturated rings. The van der Waals surface area contributed by atoms with E-state index in [1.807, 2.05) is 23.1 Å². The first-order chi connectivity index (χ1) is 17.5. The first kappa shape index (κ1) is 24.1. The van der Waals surface area contributed by atoms with Crippen LogP contribution in [0.1, 0.15) is 0 Å². The zero-order valence-corrected chi connectivity index (χ0v) is 20.4. The van der Waals surface area contributed by atoms with Crippen LogP contribution in [-0.2, 0) is 9.53 Å². The minimum absolute atomic E-state index is 0.289. The Morgan fingerprint density at radius 1 is 1.22 bits per heavy atom. The molecule has 1 atom stereocenters. The molecule has 0 bridgehead atoms. The number of aromatic nitrogens is 4. The number of halogens is 2. The summed E-state index contributed by atoms with van der Waals surface area (Å²) in [6.07, 6.45) is 3.46. The van der Waals surface area contributed by atoms with Gasteiger partial charge < -0.3 is 15.4 Å². The average Bonchev–Trinajstić information content (AvgIpc) is 3.39. The maximum Gasteiger partial charge on any atom is 0.324 e. The molecule has 0 unspecified atom stereocenters. The molecular formula is C25H25ClFN7O2. The van der Waals surface area contributed by atoms with Gasteiger partial charge in [0.15, 0.2) is 0 Å². The van der Waals surface area contributed by atoms with E-state index in [0.29, 0.717) is 65.7 Å². The molecule has 1 aliphatic rings. The molecule has 0 aliphatic carbocycles. The molecule has 4 heterocycles. The Bertz CT molecular complexity index is 1410. The summed E-state index contributed by atoms with van der Waals surface area (Å²) < 4.78 is 19.6. The summed E-state index contributed by atoms with van der Waals surface area (Å²) >= 11 is 6.10. The maximum absolute atomic E-state index is 14.5. The molecule has 3 N–H and O–H groups in total. The van der Waals surface area contributed by atoms with Gasteiger partial charge in [0.1, 0.15) is 17.6 Å². The number of rotatable bonds is 6. The van der Waals surface area contributed by atoms with Gasteiger partial charge in [-0.05, 0) is 36.4 Å². The quantitative estimate of drug-likeness (QED) is 0.381. The van der Waals surface area contributed by atoms with E-state index in [2.05, 4.69) is 20.1 Å². The summed E-state index contributed by atoms with van der Waals surface area (Å²) in [5.41, 5.74) is 9.93. The Kier molecular flexibility index (Phi) is 6.82. The number of nitrogens with zero attached hydrogens (tertiary/aromatic N) is 5. The van der Waals surface area contributed by atoms with Gasteiger partial charge in [-0.25, -0.2) is 9.37 Å². The Balaban J connectivity index is 1.48. The molecule has 0 saturated carbocycles. The van der Waals surface area contributed by atoms with E-state index < -0.39 is 11.9 Å². The van der Waals surface area contributed by atoms with Crippen LogP contribution < -0.4 is 10.6 Å². The highest BCUT2D eigenvalue weighted by molar-refractivity contribution is 6.30. The number of esters is 1. The minimum Gasteiger partial charge on any atom is -0.468 e. The molecule has 1 aromatic carbocycles. The second-order valence-electron chi connectivity index (χ2n) is 8.51. The number of hydrogen-bond donors (Lipinski definition) is 2. The van der Waals surface area contributed by atoms with Gasteiger partial charge in [0.25, 0.3) is 0 Å². The maximum atomic E-state index is 14.5. The van der Waals surface area contributed by atoms with Gasteiger partial charge in [-0.15, -0.1) is 0 Å². The Labute approximate surface area is 212 Å². The molecule has 9 nitrogen and oxygen atoms in total. The monoisotopic (exact) mass is 509 g/mol. The number of H-pyrrole nitrogens is 1. The Morgan fingerprint density at radius 2 is 2.08 bits per heavy atom. The first-order valence-corrected chi connectivity index (χ1v) is 11.9. The number of anilines is 1. The number of aromatic amines is 1. The number of hydrogen-bond acceptors (Lipinski definition) is 8. The molecule has 1 aliphatic heterocycles. The smallest absolute Gasteiger partial charge is 0.324 e. The van der Waals surface area contributed by atoms with Crippen molar-refractivity contribution < 1.29 is 13.9 Å². The molecule has 0 spiro atoms. The molecule has 1 saturated heterocycles. The van der Waals surface area contributed by atoms with E-state index >= 15 is 0 Å². The van der Waals surface area contributed by atoms with Crippen molar-refractivity contribution >= 4 is 34.3 Å². The van der Waals surface area contributed by atoms with Gasteiger partial charge in [0.05, 0.1) is 35.7 Å². The van der Waals surface area contributed by atoms with Crippen molar-refractivity contribution in [2.45, 2.75) is 6.04 Å². The first-order valence-electron chi connectivity index (χ1n) is 11.5. The lowest BCUT2D eigenvalue weighted by Gasteiger charge is -2.40. The molecule has 11 heteroatoms. The van der Waals surface area contributed by atoms with E-state index in [-0.39, 0.29) is 11.5 Å². The van der Waals surface area contributed by atoms with Crippen LogP contribution in [0.25, 0.3) is 33.5 Å². The largest absolute Gasteiger partial charge is 0.468 e. The van der Waals surface area contributed by atoms with Crippen LogP contribution in [0.4, 0.5) is 10.1 Å².